The molecular formula is C12H20O2. The number of Topliss-reactive ketones (excluding diaryl/α,β-unsaturated/α-hetero) is 1. The first-order valence-corrected chi connectivity index (χ1v) is 5.56. The van der Waals surface area contributed by atoms with E-state index in [1.807, 2.05) is 13.8 Å². The van der Waals surface area contributed by atoms with Gasteiger partial charge in [-0.1, -0.05) is 0 Å². The molecule has 0 radical (unpaired) electrons. The molecular weight excluding hydrogens is 176 g/mol. The molecule has 0 N–H and O–H groups in total. The van der Waals surface area contributed by atoms with E-state index in [2.05, 4.69) is 13.8 Å². The third-order valence-corrected chi connectivity index (χ3v) is 3.40. The Balaban J connectivity index is 2.14. The summed E-state index contributed by atoms with van der Waals surface area (Å²) in [6, 6.07) is 0. The van der Waals surface area contributed by atoms with E-state index in [1.165, 1.54) is 0 Å². The lowest BCUT2D eigenvalue weighted by Crippen LogP contribution is -2.34. The fourth-order valence-corrected chi connectivity index (χ4v) is 2.66. The molecule has 0 aromatic heterocycles. The summed E-state index contributed by atoms with van der Waals surface area (Å²) in [5.74, 6) is 0.919. The summed E-state index contributed by atoms with van der Waals surface area (Å²) in [6.45, 7) is 8.25. The molecule has 0 aromatic carbocycles. The standard InChI is InChI=1S/C12H20O2/c1-11(2)7-9(12(3,4)14-11)10(13)8-5-6-8/h8-9H,5-7H2,1-4H3. The summed E-state index contributed by atoms with van der Waals surface area (Å²) in [7, 11) is 0. The molecule has 0 spiro atoms. The first-order chi connectivity index (χ1) is 6.32. The van der Waals surface area contributed by atoms with E-state index >= 15 is 0 Å². The predicted octanol–water partition coefficient (Wildman–Crippen LogP) is 2.56. The second kappa shape index (κ2) is 2.82. The van der Waals surface area contributed by atoms with E-state index in [4.69, 9.17) is 4.74 Å². The van der Waals surface area contributed by atoms with E-state index in [0.717, 1.165) is 19.3 Å². The van der Waals surface area contributed by atoms with Crippen molar-refractivity contribution in [2.24, 2.45) is 11.8 Å². The number of rotatable bonds is 2. The highest BCUT2D eigenvalue weighted by molar-refractivity contribution is 5.86. The molecule has 2 nitrogen and oxygen atoms in total. The van der Waals surface area contributed by atoms with Gasteiger partial charge in [0.2, 0.25) is 0 Å². The Morgan fingerprint density at radius 2 is 1.79 bits per heavy atom. The number of carbonyl (C=O) groups excluding carboxylic acids is 1. The minimum Gasteiger partial charge on any atom is -0.369 e. The average Bonchev–Trinajstić information content (AvgIpc) is 2.75. The Bertz CT molecular complexity index is 261. The van der Waals surface area contributed by atoms with Gasteiger partial charge in [-0.15, -0.1) is 0 Å². The van der Waals surface area contributed by atoms with Crippen LogP contribution in [0.25, 0.3) is 0 Å². The topological polar surface area (TPSA) is 26.3 Å². The minimum atomic E-state index is -0.261. The Morgan fingerprint density at radius 3 is 2.14 bits per heavy atom. The van der Waals surface area contributed by atoms with E-state index in [-0.39, 0.29) is 17.1 Å². The number of ketones is 1. The molecule has 0 amide bonds. The average molecular weight is 196 g/mol. The maximum atomic E-state index is 12.0. The molecule has 0 aromatic rings. The van der Waals surface area contributed by atoms with Gasteiger partial charge in [-0.05, 0) is 47.0 Å². The van der Waals surface area contributed by atoms with Gasteiger partial charge in [-0.2, -0.15) is 0 Å². The van der Waals surface area contributed by atoms with Crippen molar-refractivity contribution in [3.63, 3.8) is 0 Å². The Morgan fingerprint density at radius 1 is 1.21 bits per heavy atom. The van der Waals surface area contributed by atoms with Gasteiger partial charge < -0.3 is 4.74 Å². The van der Waals surface area contributed by atoms with Crippen molar-refractivity contribution in [2.75, 3.05) is 0 Å². The fraction of sp³-hybridized carbons (Fsp3) is 0.917. The predicted molar refractivity (Wildman–Crippen MR) is 55.1 cm³/mol. The largest absolute Gasteiger partial charge is 0.369 e. The van der Waals surface area contributed by atoms with Crippen LogP contribution in [0.4, 0.5) is 0 Å². The van der Waals surface area contributed by atoms with Crippen molar-refractivity contribution in [3.05, 3.63) is 0 Å². The van der Waals surface area contributed by atoms with Crippen LogP contribution < -0.4 is 0 Å². The van der Waals surface area contributed by atoms with Gasteiger partial charge >= 0.3 is 0 Å². The highest BCUT2D eigenvalue weighted by Crippen LogP contribution is 2.46. The number of carbonyl (C=O) groups is 1. The molecule has 2 heteroatoms. The van der Waals surface area contributed by atoms with E-state index in [9.17, 15) is 4.79 Å². The number of ether oxygens (including phenoxy) is 1. The zero-order valence-corrected chi connectivity index (χ0v) is 9.59. The van der Waals surface area contributed by atoms with Crippen LogP contribution in [0.2, 0.25) is 0 Å². The lowest BCUT2D eigenvalue weighted by Gasteiger charge is -2.26. The summed E-state index contributed by atoms with van der Waals surface area (Å²) in [5.41, 5.74) is -0.387. The highest BCUT2D eigenvalue weighted by atomic mass is 16.5. The summed E-state index contributed by atoms with van der Waals surface area (Å²) in [5, 5.41) is 0. The Hall–Kier alpha value is -0.370. The number of hydrogen-bond acceptors (Lipinski definition) is 2. The fourth-order valence-electron chi connectivity index (χ4n) is 2.66. The van der Waals surface area contributed by atoms with Crippen LogP contribution in [-0.4, -0.2) is 17.0 Å². The van der Waals surface area contributed by atoms with Gasteiger partial charge in [-0.3, -0.25) is 4.79 Å². The van der Waals surface area contributed by atoms with Crippen LogP contribution in [-0.2, 0) is 9.53 Å². The lowest BCUT2D eigenvalue weighted by molar-refractivity contribution is -0.130. The van der Waals surface area contributed by atoms with Crippen molar-refractivity contribution in [3.8, 4) is 0 Å². The molecule has 14 heavy (non-hydrogen) atoms. The minimum absolute atomic E-state index is 0.116. The van der Waals surface area contributed by atoms with E-state index in [0.29, 0.717) is 11.7 Å². The summed E-state index contributed by atoms with van der Waals surface area (Å²) in [4.78, 5) is 12.0. The third kappa shape index (κ3) is 1.72. The quantitative estimate of drug-likeness (QED) is 0.678. The molecule has 1 atom stereocenters. The van der Waals surface area contributed by atoms with Crippen molar-refractivity contribution in [1.82, 2.24) is 0 Å². The van der Waals surface area contributed by atoms with Crippen LogP contribution in [0.5, 0.6) is 0 Å². The second-order valence-corrected chi connectivity index (χ2v) is 5.90. The molecule has 1 saturated carbocycles. The van der Waals surface area contributed by atoms with Crippen LogP contribution in [0.1, 0.15) is 47.0 Å². The second-order valence-electron chi connectivity index (χ2n) is 5.90. The molecule has 2 fully saturated rings. The van der Waals surface area contributed by atoms with Crippen LogP contribution in [0.15, 0.2) is 0 Å². The highest BCUT2D eigenvalue weighted by Gasteiger charge is 2.51. The lowest BCUT2D eigenvalue weighted by atomic mass is 9.82. The van der Waals surface area contributed by atoms with Crippen molar-refractivity contribution >= 4 is 5.78 Å². The third-order valence-electron chi connectivity index (χ3n) is 3.40. The van der Waals surface area contributed by atoms with Gasteiger partial charge in [0.15, 0.2) is 0 Å². The zero-order chi connectivity index (χ0) is 10.6. The summed E-state index contributed by atoms with van der Waals surface area (Å²) < 4.78 is 5.93. The Kier molecular flexibility index (Phi) is 2.04. The van der Waals surface area contributed by atoms with Crippen molar-refractivity contribution < 1.29 is 9.53 Å². The molecule has 2 rings (SSSR count). The monoisotopic (exact) mass is 196 g/mol. The molecule has 1 unspecified atom stereocenters. The summed E-state index contributed by atoms with van der Waals surface area (Å²) >= 11 is 0. The van der Waals surface area contributed by atoms with E-state index < -0.39 is 0 Å². The first-order valence-electron chi connectivity index (χ1n) is 5.56. The summed E-state index contributed by atoms with van der Waals surface area (Å²) in [6.07, 6.45) is 3.09. The maximum absolute atomic E-state index is 12.0. The van der Waals surface area contributed by atoms with Gasteiger partial charge in [0, 0.05) is 11.8 Å². The molecule has 1 saturated heterocycles. The van der Waals surface area contributed by atoms with Crippen LogP contribution in [0.3, 0.4) is 0 Å². The van der Waals surface area contributed by atoms with Crippen LogP contribution >= 0.6 is 0 Å². The molecule has 1 aliphatic carbocycles. The zero-order valence-electron chi connectivity index (χ0n) is 9.59. The molecule has 2 aliphatic rings. The SMILES string of the molecule is CC1(C)CC(C(=O)C2CC2)C(C)(C)O1. The Labute approximate surface area is 86.0 Å². The van der Waals surface area contributed by atoms with Crippen LogP contribution in [0, 0.1) is 11.8 Å². The van der Waals surface area contributed by atoms with E-state index in [1.54, 1.807) is 0 Å². The van der Waals surface area contributed by atoms with Gasteiger partial charge in [-0.25, -0.2) is 0 Å². The van der Waals surface area contributed by atoms with Gasteiger partial charge in [0.05, 0.1) is 11.2 Å². The van der Waals surface area contributed by atoms with Crippen molar-refractivity contribution in [1.29, 1.82) is 0 Å². The molecule has 0 bridgehead atoms. The first kappa shape index (κ1) is 10.2. The normalized spacial score (nSPS) is 34.4. The van der Waals surface area contributed by atoms with Gasteiger partial charge in [0.25, 0.3) is 0 Å². The van der Waals surface area contributed by atoms with Gasteiger partial charge in [0.1, 0.15) is 5.78 Å². The number of hydrogen-bond donors (Lipinski definition) is 0. The smallest absolute Gasteiger partial charge is 0.142 e. The molecule has 1 aliphatic heterocycles. The molecule has 80 valence electrons. The maximum Gasteiger partial charge on any atom is 0.142 e. The molecule has 1 heterocycles. The van der Waals surface area contributed by atoms with Crippen molar-refractivity contribution in [2.45, 2.75) is 58.2 Å².